The first-order valence-electron chi connectivity index (χ1n) is 5.92. The Morgan fingerprint density at radius 1 is 1.42 bits per heavy atom. The summed E-state index contributed by atoms with van der Waals surface area (Å²) < 4.78 is 4.89. The number of hydrogen-bond donors (Lipinski definition) is 1. The maximum Gasteiger partial charge on any atom is 0.236 e. The molecule has 4 nitrogen and oxygen atoms in total. The van der Waals surface area contributed by atoms with Gasteiger partial charge in [-0.1, -0.05) is 35.3 Å². The SMILES string of the molecule is COCCNCC(=O)N(C)Cc1cccc(Cl)c1Cl. The highest BCUT2D eigenvalue weighted by Crippen LogP contribution is 2.26. The summed E-state index contributed by atoms with van der Waals surface area (Å²) in [5.41, 5.74) is 0.835. The van der Waals surface area contributed by atoms with Gasteiger partial charge in [0.2, 0.25) is 5.91 Å². The van der Waals surface area contributed by atoms with E-state index in [9.17, 15) is 4.79 Å². The molecule has 1 aromatic rings. The molecule has 19 heavy (non-hydrogen) atoms. The van der Waals surface area contributed by atoms with Crippen LogP contribution >= 0.6 is 23.2 Å². The van der Waals surface area contributed by atoms with Gasteiger partial charge in [-0.15, -0.1) is 0 Å². The minimum Gasteiger partial charge on any atom is -0.383 e. The highest BCUT2D eigenvalue weighted by Gasteiger charge is 2.11. The van der Waals surface area contributed by atoms with E-state index >= 15 is 0 Å². The second-order valence-corrected chi connectivity index (χ2v) is 4.92. The Balaban J connectivity index is 2.47. The smallest absolute Gasteiger partial charge is 0.236 e. The van der Waals surface area contributed by atoms with Crippen molar-refractivity contribution in [2.24, 2.45) is 0 Å². The Labute approximate surface area is 123 Å². The van der Waals surface area contributed by atoms with Crippen molar-refractivity contribution in [1.82, 2.24) is 10.2 Å². The molecule has 1 amide bonds. The molecule has 0 spiro atoms. The molecule has 106 valence electrons. The predicted octanol–water partition coefficient (Wildman–Crippen LogP) is 2.19. The number of nitrogens with zero attached hydrogens (tertiary/aromatic N) is 1. The number of likely N-dealkylation sites (N-methyl/N-ethyl adjacent to an activating group) is 1. The number of halogens is 2. The third kappa shape index (κ3) is 5.37. The molecule has 0 bridgehead atoms. The molecular weight excluding hydrogens is 287 g/mol. The lowest BCUT2D eigenvalue weighted by atomic mass is 10.2. The van der Waals surface area contributed by atoms with E-state index in [2.05, 4.69) is 5.32 Å². The molecule has 1 aromatic carbocycles. The van der Waals surface area contributed by atoms with Crippen molar-refractivity contribution >= 4 is 29.1 Å². The fourth-order valence-electron chi connectivity index (χ4n) is 1.52. The van der Waals surface area contributed by atoms with Gasteiger partial charge in [-0.25, -0.2) is 0 Å². The highest BCUT2D eigenvalue weighted by molar-refractivity contribution is 6.42. The Hall–Kier alpha value is -0.810. The van der Waals surface area contributed by atoms with Crippen molar-refractivity contribution in [2.45, 2.75) is 6.54 Å². The van der Waals surface area contributed by atoms with Gasteiger partial charge in [0.15, 0.2) is 0 Å². The predicted molar refractivity (Wildman–Crippen MR) is 77.7 cm³/mol. The van der Waals surface area contributed by atoms with Crippen LogP contribution in [0.5, 0.6) is 0 Å². The van der Waals surface area contributed by atoms with E-state index in [1.165, 1.54) is 0 Å². The molecule has 0 unspecified atom stereocenters. The normalized spacial score (nSPS) is 10.5. The summed E-state index contributed by atoms with van der Waals surface area (Å²) in [5.74, 6) is -0.00727. The van der Waals surface area contributed by atoms with E-state index in [0.717, 1.165) is 5.56 Å². The van der Waals surface area contributed by atoms with Crippen LogP contribution in [0.1, 0.15) is 5.56 Å². The molecular formula is C13H18Cl2N2O2. The summed E-state index contributed by atoms with van der Waals surface area (Å²) in [4.78, 5) is 13.5. The van der Waals surface area contributed by atoms with Crippen molar-refractivity contribution in [3.63, 3.8) is 0 Å². The second-order valence-electron chi connectivity index (χ2n) is 4.13. The first kappa shape index (κ1) is 16.2. The average Bonchev–Trinajstić information content (AvgIpc) is 2.39. The molecule has 0 atom stereocenters. The van der Waals surface area contributed by atoms with Crippen LogP contribution in [0.4, 0.5) is 0 Å². The lowest BCUT2D eigenvalue weighted by Gasteiger charge is -2.18. The number of hydrogen-bond acceptors (Lipinski definition) is 3. The Morgan fingerprint density at radius 2 is 2.16 bits per heavy atom. The van der Waals surface area contributed by atoms with Crippen LogP contribution in [0.25, 0.3) is 0 Å². The first-order valence-corrected chi connectivity index (χ1v) is 6.68. The lowest BCUT2D eigenvalue weighted by molar-refractivity contribution is -0.129. The maximum absolute atomic E-state index is 11.9. The van der Waals surface area contributed by atoms with Crippen molar-refractivity contribution in [3.05, 3.63) is 33.8 Å². The van der Waals surface area contributed by atoms with Crippen LogP contribution in [0, 0.1) is 0 Å². The van der Waals surface area contributed by atoms with Gasteiger partial charge in [0.25, 0.3) is 0 Å². The van der Waals surface area contributed by atoms with E-state index in [0.29, 0.717) is 29.7 Å². The van der Waals surface area contributed by atoms with E-state index in [4.69, 9.17) is 27.9 Å². The fourth-order valence-corrected chi connectivity index (χ4v) is 1.90. The minimum absolute atomic E-state index is 0.00727. The molecule has 1 N–H and O–H groups in total. The summed E-state index contributed by atoms with van der Waals surface area (Å²) in [6.45, 7) is 1.94. The zero-order chi connectivity index (χ0) is 14.3. The largest absolute Gasteiger partial charge is 0.383 e. The van der Waals surface area contributed by atoms with Gasteiger partial charge in [0.1, 0.15) is 0 Å². The first-order chi connectivity index (χ1) is 9.06. The topological polar surface area (TPSA) is 41.6 Å². The Kier molecular flexibility index (Phi) is 7.16. The van der Waals surface area contributed by atoms with Crippen LogP contribution in [-0.4, -0.2) is 44.7 Å². The van der Waals surface area contributed by atoms with Gasteiger partial charge in [0, 0.05) is 27.2 Å². The zero-order valence-corrected chi connectivity index (χ0v) is 12.6. The second kappa shape index (κ2) is 8.38. The number of nitrogens with one attached hydrogen (secondary N) is 1. The van der Waals surface area contributed by atoms with E-state index in [1.807, 2.05) is 12.1 Å². The summed E-state index contributed by atoms with van der Waals surface area (Å²) in [6.07, 6.45) is 0. The van der Waals surface area contributed by atoms with Crippen molar-refractivity contribution in [2.75, 3.05) is 33.9 Å². The number of amides is 1. The summed E-state index contributed by atoms with van der Waals surface area (Å²) in [5, 5.41) is 4.00. The quantitative estimate of drug-likeness (QED) is 0.785. The molecule has 6 heteroatoms. The standard InChI is InChI=1S/C13H18Cl2N2O2/c1-17(12(18)8-16-6-7-19-2)9-10-4-3-5-11(14)13(10)15/h3-5,16H,6-9H2,1-2H3. The Morgan fingerprint density at radius 3 is 2.84 bits per heavy atom. The maximum atomic E-state index is 11.9. The fraction of sp³-hybridized carbons (Fsp3) is 0.462. The van der Waals surface area contributed by atoms with Crippen molar-refractivity contribution in [1.29, 1.82) is 0 Å². The monoisotopic (exact) mass is 304 g/mol. The molecule has 0 fully saturated rings. The number of ether oxygens (including phenoxy) is 1. The number of benzene rings is 1. The van der Waals surface area contributed by atoms with Gasteiger partial charge in [-0.05, 0) is 11.6 Å². The minimum atomic E-state index is -0.00727. The zero-order valence-electron chi connectivity index (χ0n) is 11.1. The van der Waals surface area contributed by atoms with Crippen LogP contribution in [0.3, 0.4) is 0 Å². The Bertz CT molecular complexity index is 427. The molecule has 1 rings (SSSR count). The van der Waals surface area contributed by atoms with E-state index in [1.54, 1.807) is 25.1 Å². The van der Waals surface area contributed by atoms with Crippen LogP contribution in [-0.2, 0) is 16.1 Å². The van der Waals surface area contributed by atoms with Gasteiger partial charge in [0.05, 0.1) is 23.2 Å². The lowest BCUT2D eigenvalue weighted by Crippen LogP contribution is -2.36. The molecule has 0 heterocycles. The summed E-state index contributed by atoms with van der Waals surface area (Å²) in [6, 6.07) is 5.40. The van der Waals surface area contributed by atoms with Gasteiger partial charge in [-0.2, -0.15) is 0 Å². The average molecular weight is 305 g/mol. The number of methoxy groups -OCH3 is 1. The van der Waals surface area contributed by atoms with Gasteiger partial charge in [-0.3, -0.25) is 4.79 Å². The van der Waals surface area contributed by atoms with Crippen molar-refractivity contribution < 1.29 is 9.53 Å². The van der Waals surface area contributed by atoms with Crippen molar-refractivity contribution in [3.8, 4) is 0 Å². The number of carbonyl (C=O) groups excluding carboxylic acids is 1. The van der Waals surface area contributed by atoms with Crippen LogP contribution in [0.15, 0.2) is 18.2 Å². The molecule has 0 radical (unpaired) electrons. The molecule has 0 aromatic heterocycles. The third-order valence-corrected chi connectivity index (χ3v) is 3.48. The molecule has 0 aliphatic heterocycles. The summed E-state index contributed by atoms with van der Waals surface area (Å²) in [7, 11) is 3.36. The van der Waals surface area contributed by atoms with Crippen LogP contribution in [0.2, 0.25) is 10.0 Å². The molecule has 0 saturated carbocycles. The molecule has 0 aliphatic rings. The number of carbonyl (C=O) groups is 1. The van der Waals surface area contributed by atoms with E-state index in [-0.39, 0.29) is 12.5 Å². The van der Waals surface area contributed by atoms with E-state index < -0.39 is 0 Å². The highest BCUT2D eigenvalue weighted by atomic mass is 35.5. The number of rotatable bonds is 7. The molecule has 0 aliphatic carbocycles. The van der Waals surface area contributed by atoms with Gasteiger partial charge >= 0.3 is 0 Å². The summed E-state index contributed by atoms with van der Waals surface area (Å²) >= 11 is 12.0. The third-order valence-electron chi connectivity index (χ3n) is 2.62. The van der Waals surface area contributed by atoms with Gasteiger partial charge < -0.3 is 15.0 Å². The van der Waals surface area contributed by atoms with Crippen LogP contribution < -0.4 is 5.32 Å². The molecule has 0 saturated heterocycles.